The number of anilines is 3. The first-order valence-corrected chi connectivity index (χ1v) is 22.2. The van der Waals surface area contributed by atoms with E-state index in [1.807, 2.05) is 22.7 Å². The highest BCUT2D eigenvalue weighted by molar-refractivity contribution is 7.27. The molecular weight excluding hydrogens is 781 g/mol. The summed E-state index contributed by atoms with van der Waals surface area (Å²) in [6.07, 6.45) is 0. The zero-order valence-electron chi connectivity index (χ0n) is 32.7. The molecule has 13 rings (SSSR count). The molecule has 0 unspecified atom stereocenters. The van der Waals surface area contributed by atoms with E-state index in [0.717, 1.165) is 55.8 Å². The van der Waals surface area contributed by atoms with Crippen molar-refractivity contribution in [3.63, 3.8) is 0 Å². The molecule has 0 bridgehead atoms. The molecule has 0 fully saturated rings. The maximum atomic E-state index is 6.88. The van der Waals surface area contributed by atoms with Crippen LogP contribution in [0.1, 0.15) is 0 Å². The molecular formula is C56H34N2OS2. The van der Waals surface area contributed by atoms with Gasteiger partial charge in [-0.15, -0.1) is 22.7 Å². The molecule has 5 heteroatoms. The lowest BCUT2D eigenvalue weighted by atomic mass is 9.99. The molecule has 61 heavy (non-hydrogen) atoms. The van der Waals surface area contributed by atoms with Gasteiger partial charge in [0.05, 0.1) is 37.4 Å². The quantitative estimate of drug-likeness (QED) is 0.167. The molecule has 13 aromatic rings. The summed E-state index contributed by atoms with van der Waals surface area (Å²) in [6.45, 7) is 0. The van der Waals surface area contributed by atoms with E-state index >= 15 is 0 Å². The predicted octanol–water partition coefficient (Wildman–Crippen LogP) is 17.0. The van der Waals surface area contributed by atoms with E-state index < -0.39 is 0 Å². The van der Waals surface area contributed by atoms with Gasteiger partial charge in [0.15, 0.2) is 5.58 Å². The van der Waals surface area contributed by atoms with E-state index in [4.69, 9.17) is 4.42 Å². The van der Waals surface area contributed by atoms with Crippen molar-refractivity contribution < 1.29 is 4.42 Å². The number of oxazole rings is 1. The Morgan fingerprint density at radius 1 is 0.377 bits per heavy atom. The summed E-state index contributed by atoms with van der Waals surface area (Å²) in [7, 11) is 0. The average molecular weight is 815 g/mol. The van der Waals surface area contributed by atoms with Crippen LogP contribution in [0.5, 0.6) is 0 Å². The second-order valence-electron chi connectivity index (χ2n) is 15.6. The van der Waals surface area contributed by atoms with Gasteiger partial charge in [-0.2, -0.15) is 0 Å². The summed E-state index contributed by atoms with van der Waals surface area (Å²) >= 11 is 3.74. The number of thiophene rings is 2. The third-order valence-electron chi connectivity index (χ3n) is 12.2. The third-order valence-corrected chi connectivity index (χ3v) is 14.6. The number of hydrogen-bond donors (Lipinski definition) is 0. The number of para-hydroxylation sites is 2. The van der Waals surface area contributed by atoms with Gasteiger partial charge in [-0.3, -0.25) is 4.40 Å². The molecule has 0 atom stereocenters. The Morgan fingerprint density at radius 3 is 1.54 bits per heavy atom. The normalized spacial score (nSPS) is 11.9. The molecule has 4 aromatic heterocycles. The Hall–Kier alpha value is -7.44. The molecule has 9 aromatic carbocycles. The Labute approximate surface area is 359 Å². The molecule has 4 heterocycles. The standard InChI is InChI=1S/C56H34N2OS2/c1-2-13-38(14-3-1)52-45-17-4-7-21-46(45)58-47-22-10-18-40(53(47)59-56(52)58)37-29-27-35(28-30-37)36-31-33-39(34-32-36)57(48-23-11-19-43-41-15-5-8-25-50(41)60-54(43)48)49-24-12-20-44-42-16-6-9-26-51(42)61-55(44)49/h1-34H. The summed E-state index contributed by atoms with van der Waals surface area (Å²) in [5.74, 6) is 0. The van der Waals surface area contributed by atoms with Crippen molar-refractivity contribution >= 4 is 108 Å². The Kier molecular flexibility index (Phi) is 7.65. The lowest BCUT2D eigenvalue weighted by molar-refractivity contribution is 0.659. The molecule has 0 saturated carbocycles. The lowest BCUT2D eigenvalue weighted by Gasteiger charge is -2.27. The molecule has 3 nitrogen and oxygen atoms in total. The van der Waals surface area contributed by atoms with Crippen LogP contribution >= 0.6 is 22.7 Å². The third kappa shape index (κ3) is 5.28. The lowest BCUT2D eigenvalue weighted by Crippen LogP contribution is -2.10. The van der Waals surface area contributed by atoms with Crippen molar-refractivity contribution in [3.8, 4) is 33.4 Å². The number of fused-ring (bicyclic) bond motifs is 11. The Bertz CT molecular complexity index is 3700. The molecule has 0 aliphatic carbocycles. The largest absolute Gasteiger partial charge is 0.437 e. The SMILES string of the molecule is c1ccc(-c2c3ccccc3n3c2oc2c(-c4ccc(-c5ccc(N(c6cccc7c6sc6ccccc67)c6cccc7c6sc6ccccc67)cc5)cc4)cccc23)cc1. The van der Waals surface area contributed by atoms with Crippen molar-refractivity contribution in [2.24, 2.45) is 0 Å². The molecule has 0 amide bonds. The summed E-state index contributed by atoms with van der Waals surface area (Å²) in [5.41, 5.74) is 14.3. The van der Waals surface area contributed by atoms with Crippen molar-refractivity contribution in [1.29, 1.82) is 0 Å². The molecule has 0 saturated heterocycles. The minimum atomic E-state index is 0.868. The highest BCUT2D eigenvalue weighted by atomic mass is 32.1. The van der Waals surface area contributed by atoms with Gasteiger partial charge in [0, 0.05) is 47.6 Å². The number of nitrogens with zero attached hydrogens (tertiary/aromatic N) is 2. The topological polar surface area (TPSA) is 20.8 Å². The van der Waals surface area contributed by atoms with E-state index in [0.29, 0.717) is 0 Å². The predicted molar refractivity (Wildman–Crippen MR) is 261 cm³/mol. The van der Waals surface area contributed by atoms with Gasteiger partial charge in [0.25, 0.3) is 0 Å². The van der Waals surface area contributed by atoms with Gasteiger partial charge in [-0.05, 0) is 70.8 Å². The van der Waals surface area contributed by atoms with Gasteiger partial charge in [-0.25, -0.2) is 0 Å². The van der Waals surface area contributed by atoms with Gasteiger partial charge >= 0.3 is 0 Å². The minimum Gasteiger partial charge on any atom is -0.437 e. The maximum Gasteiger partial charge on any atom is 0.213 e. The Morgan fingerprint density at radius 2 is 0.885 bits per heavy atom. The summed E-state index contributed by atoms with van der Waals surface area (Å²) in [5, 5.41) is 6.37. The van der Waals surface area contributed by atoms with E-state index in [1.54, 1.807) is 0 Å². The van der Waals surface area contributed by atoms with Crippen LogP contribution in [0.3, 0.4) is 0 Å². The highest BCUT2D eigenvalue weighted by Gasteiger charge is 2.23. The van der Waals surface area contributed by atoms with Crippen molar-refractivity contribution in [2.45, 2.75) is 0 Å². The van der Waals surface area contributed by atoms with E-state index in [9.17, 15) is 0 Å². The molecule has 286 valence electrons. The van der Waals surface area contributed by atoms with Crippen LogP contribution in [0.15, 0.2) is 211 Å². The smallest absolute Gasteiger partial charge is 0.213 e. The molecule has 0 spiro atoms. The molecule has 0 aliphatic rings. The van der Waals surface area contributed by atoms with Crippen LogP contribution in [0.25, 0.3) is 101 Å². The van der Waals surface area contributed by atoms with Crippen LogP contribution in [0.2, 0.25) is 0 Å². The fourth-order valence-corrected chi connectivity index (χ4v) is 11.9. The van der Waals surface area contributed by atoms with Gasteiger partial charge in [-0.1, -0.05) is 158 Å². The summed E-state index contributed by atoms with van der Waals surface area (Å²) < 4.78 is 14.3. The zero-order valence-corrected chi connectivity index (χ0v) is 34.4. The van der Waals surface area contributed by atoms with Crippen molar-refractivity contribution in [1.82, 2.24) is 4.40 Å². The number of hydrogen-bond acceptors (Lipinski definition) is 4. The highest BCUT2D eigenvalue weighted by Crippen LogP contribution is 2.49. The van der Waals surface area contributed by atoms with E-state index in [-0.39, 0.29) is 0 Å². The average Bonchev–Trinajstić information content (AvgIpc) is 4.09. The first kappa shape index (κ1) is 34.4. The van der Waals surface area contributed by atoms with Crippen molar-refractivity contribution in [3.05, 3.63) is 206 Å². The first-order chi connectivity index (χ1) is 30.3. The monoisotopic (exact) mass is 814 g/mol. The van der Waals surface area contributed by atoms with E-state index in [1.165, 1.54) is 62.7 Å². The minimum absolute atomic E-state index is 0.868. The Balaban J connectivity index is 0.909. The molecule has 0 radical (unpaired) electrons. The van der Waals surface area contributed by atoms with Gasteiger partial charge < -0.3 is 9.32 Å². The second-order valence-corrected chi connectivity index (χ2v) is 17.7. The number of benzene rings is 9. The maximum absolute atomic E-state index is 6.88. The van der Waals surface area contributed by atoms with Gasteiger partial charge in [0.2, 0.25) is 5.71 Å². The fraction of sp³-hybridized carbons (Fsp3) is 0. The first-order valence-electron chi connectivity index (χ1n) is 20.6. The van der Waals surface area contributed by atoms with E-state index in [2.05, 4.69) is 216 Å². The van der Waals surface area contributed by atoms with Crippen LogP contribution < -0.4 is 4.90 Å². The van der Waals surface area contributed by atoms with Crippen LogP contribution in [-0.4, -0.2) is 4.40 Å². The second kappa shape index (κ2) is 13.5. The molecule has 0 N–H and O–H groups in total. The summed E-state index contributed by atoms with van der Waals surface area (Å²) in [4.78, 5) is 2.47. The zero-order chi connectivity index (χ0) is 40.0. The number of aromatic nitrogens is 1. The van der Waals surface area contributed by atoms with Crippen molar-refractivity contribution in [2.75, 3.05) is 4.90 Å². The summed E-state index contributed by atoms with van der Waals surface area (Å²) in [6, 6.07) is 74.7. The molecule has 0 aliphatic heterocycles. The van der Waals surface area contributed by atoms with Crippen LogP contribution in [-0.2, 0) is 0 Å². The van der Waals surface area contributed by atoms with Crippen LogP contribution in [0, 0.1) is 0 Å². The van der Waals surface area contributed by atoms with Gasteiger partial charge in [0.1, 0.15) is 0 Å². The van der Waals surface area contributed by atoms with Crippen LogP contribution in [0.4, 0.5) is 17.1 Å². The fourth-order valence-electron chi connectivity index (χ4n) is 9.44. The number of rotatable bonds is 6.